The van der Waals surface area contributed by atoms with Crippen LogP contribution in [0, 0.1) is 11.8 Å². The molecule has 0 aromatic carbocycles. The lowest BCUT2D eigenvalue weighted by molar-refractivity contribution is -0.128. The molecule has 0 aromatic rings. The summed E-state index contributed by atoms with van der Waals surface area (Å²) in [6, 6.07) is 0. The summed E-state index contributed by atoms with van der Waals surface area (Å²) in [5.41, 5.74) is 0. The molecule has 0 saturated carbocycles. The van der Waals surface area contributed by atoms with Crippen LogP contribution in [0.3, 0.4) is 0 Å². The number of Topliss-reactive ketones (excluding diaryl/α,β-unsaturated/α-hetero) is 1. The van der Waals surface area contributed by atoms with E-state index in [0.29, 0.717) is 18.3 Å². The monoisotopic (exact) mass is 155 g/mol. The smallest absolute Gasteiger partial charge is 0.143 e. The van der Waals surface area contributed by atoms with Gasteiger partial charge in [0.2, 0.25) is 0 Å². The fraction of sp³-hybridized carbons (Fsp3) is 0.875. The molecule has 2 saturated heterocycles. The van der Waals surface area contributed by atoms with E-state index in [1.807, 2.05) is 0 Å². The third-order valence-electron chi connectivity index (χ3n) is 2.52. The summed E-state index contributed by atoms with van der Waals surface area (Å²) >= 11 is 0. The van der Waals surface area contributed by atoms with Crippen molar-refractivity contribution >= 4 is 5.78 Å². The van der Waals surface area contributed by atoms with E-state index in [-0.39, 0.29) is 5.92 Å². The number of ether oxygens (including phenoxy) is 1. The first-order valence-electron chi connectivity index (χ1n) is 4.20. The highest BCUT2D eigenvalue weighted by Gasteiger charge is 2.32. The zero-order chi connectivity index (χ0) is 7.68. The highest BCUT2D eigenvalue weighted by Crippen LogP contribution is 2.19. The molecule has 0 amide bonds. The molecule has 2 aliphatic heterocycles. The molecule has 62 valence electrons. The molecule has 3 nitrogen and oxygen atoms in total. The van der Waals surface area contributed by atoms with Gasteiger partial charge in [-0.05, 0) is 6.42 Å². The number of nitrogens with one attached hydrogen (secondary N) is 1. The molecule has 0 aliphatic carbocycles. The van der Waals surface area contributed by atoms with Gasteiger partial charge in [0.05, 0.1) is 6.61 Å². The van der Waals surface area contributed by atoms with Crippen molar-refractivity contribution in [3.8, 4) is 0 Å². The molecule has 0 aromatic heterocycles. The predicted molar refractivity (Wildman–Crippen MR) is 40.3 cm³/mol. The Labute approximate surface area is 66.1 Å². The highest BCUT2D eigenvalue weighted by molar-refractivity contribution is 5.85. The Balaban J connectivity index is 1.87. The average Bonchev–Trinajstić information content (AvgIpc) is 2.32. The van der Waals surface area contributed by atoms with Gasteiger partial charge in [-0.15, -0.1) is 0 Å². The number of hydrogen-bond acceptors (Lipinski definition) is 3. The molecular formula is C8H13NO2. The van der Waals surface area contributed by atoms with E-state index < -0.39 is 0 Å². The topological polar surface area (TPSA) is 38.3 Å². The number of carbonyl (C=O) groups excluding carboxylic acids is 1. The van der Waals surface area contributed by atoms with Gasteiger partial charge in [0.25, 0.3) is 0 Å². The largest absolute Gasteiger partial charge is 0.381 e. The lowest BCUT2D eigenvalue weighted by atomic mass is 9.88. The Morgan fingerprint density at radius 1 is 1.36 bits per heavy atom. The number of rotatable bonds is 2. The van der Waals surface area contributed by atoms with Gasteiger partial charge in [-0.2, -0.15) is 0 Å². The fourth-order valence-electron chi connectivity index (χ4n) is 1.58. The number of ketones is 1. The minimum Gasteiger partial charge on any atom is -0.381 e. The zero-order valence-corrected chi connectivity index (χ0v) is 6.51. The van der Waals surface area contributed by atoms with Crippen LogP contribution in [0.2, 0.25) is 0 Å². The van der Waals surface area contributed by atoms with E-state index in [9.17, 15) is 4.79 Å². The molecule has 11 heavy (non-hydrogen) atoms. The minimum absolute atomic E-state index is 0.210. The van der Waals surface area contributed by atoms with Crippen LogP contribution >= 0.6 is 0 Å². The van der Waals surface area contributed by atoms with Crippen LogP contribution in [0.5, 0.6) is 0 Å². The molecule has 3 heteroatoms. The van der Waals surface area contributed by atoms with Gasteiger partial charge in [0, 0.05) is 31.5 Å². The lowest BCUT2D eigenvalue weighted by Gasteiger charge is -2.27. The summed E-state index contributed by atoms with van der Waals surface area (Å²) < 4.78 is 5.16. The second kappa shape index (κ2) is 2.91. The molecule has 2 rings (SSSR count). The number of carbonyl (C=O) groups is 1. The second-order valence-corrected chi connectivity index (χ2v) is 3.32. The maximum absolute atomic E-state index is 11.5. The van der Waals surface area contributed by atoms with Crippen LogP contribution in [0.25, 0.3) is 0 Å². The van der Waals surface area contributed by atoms with Crippen LogP contribution < -0.4 is 5.32 Å². The first-order valence-corrected chi connectivity index (χ1v) is 4.20. The Morgan fingerprint density at radius 3 is 2.64 bits per heavy atom. The summed E-state index contributed by atoms with van der Waals surface area (Å²) in [5.74, 6) is 0.921. The van der Waals surface area contributed by atoms with E-state index in [1.165, 1.54) is 0 Å². The first-order chi connectivity index (χ1) is 5.38. The normalized spacial score (nSPS) is 31.8. The van der Waals surface area contributed by atoms with E-state index in [4.69, 9.17) is 4.74 Å². The van der Waals surface area contributed by atoms with Crippen LogP contribution in [0.15, 0.2) is 0 Å². The second-order valence-electron chi connectivity index (χ2n) is 3.32. The quantitative estimate of drug-likeness (QED) is 0.600. The summed E-state index contributed by atoms with van der Waals surface area (Å²) in [7, 11) is 0. The summed E-state index contributed by atoms with van der Waals surface area (Å²) in [6.07, 6.45) is 0.940. The van der Waals surface area contributed by atoms with E-state index in [2.05, 4.69) is 5.32 Å². The van der Waals surface area contributed by atoms with Crippen molar-refractivity contribution in [2.24, 2.45) is 11.8 Å². The predicted octanol–water partition coefficient (Wildman–Crippen LogP) is -0.189. The maximum Gasteiger partial charge on any atom is 0.143 e. The van der Waals surface area contributed by atoms with E-state index in [0.717, 1.165) is 26.1 Å². The SMILES string of the molecule is O=C(C1CNC1)C1CCOC1. The summed E-state index contributed by atoms with van der Waals surface area (Å²) in [5, 5.41) is 3.10. The van der Waals surface area contributed by atoms with Crippen LogP contribution in [0.4, 0.5) is 0 Å². The molecule has 0 spiro atoms. The molecule has 2 fully saturated rings. The van der Waals surface area contributed by atoms with Gasteiger partial charge in [0.15, 0.2) is 0 Å². The van der Waals surface area contributed by atoms with E-state index >= 15 is 0 Å². The Kier molecular flexibility index (Phi) is 1.92. The highest BCUT2D eigenvalue weighted by atomic mass is 16.5. The fourth-order valence-corrected chi connectivity index (χ4v) is 1.58. The van der Waals surface area contributed by atoms with Crippen molar-refractivity contribution in [1.29, 1.82) is 0 Å². The summed E-state index contributed by atoms with van der Waals surface area (Å²) in [4.78, 5) is 11.5. The number of hydrogen-bond donors (Lipinski definition) is 1. The molecule has 1 N–H and O–H groups in total. The Morgan fingerprint density at radius 2 is 2.18 bits per heavy atom. The molecule has 2 heterocycles. The van der Waals surface area contributed by atoms with E-state index in [1.54, 1.807) is 0 Å². The average molecular weight is 155 g/mol. The standard InChI is InChI=1S/C8H13NO2/c10-8(7-3-9-4-7)6-1-2-11-5-6/h6-7,9H,1-5H2. The van der Waals surface area contributed by atoms with Crippen LogP contribution in [-0.2, 0) is 9.53 Å². The van der Waals surface area contributed by atoms with Crippen LogP contribution in [0.1, 0.15) is 6.42 Å². The van der Waals surface area contributed by atoms with Crippen molar-refractivity contribution in [1.82, 2.24) is 5.32 Å². The molecular weight excluding hydrogens is 142 g/mol. The molecule has 2 aliphatic rings. The molecule has 1 unspecified atom stereocenters. The first kappa shape index (κ1) is 7.25. The summed E-state index contributed by atoms with van der Waals surface area (Å²) in [6.45, 7) is 3.20. The lowest BCUT2D eigenvalue weighted by Crippen LogP contribution is -2.48. The molecule has 1 atom stereocenters. The molecule has 0 bridgehead atoms. The van der Waals surface area contributed by atoms with Gasteiger partial charge in [-0.25, -0.2) is 0 Å². The maximum atomic E-state index is 11.5. The van der Waals surface area contributed by atoms with Crippen molar-refractivity contribution in [2.75, 3.05) is 26.3 Å². The van der Waals surface area contributed by atoms with Crippen molar-refractivity contribution in [3.05, 3.63) is 0 Å². The van der Waals surface area contributed by atoms with Gasteiger partial charge in [-0.1, -0.05) is 0 Å². The zero-order valence-electron chi connectivity index (χ0n) is 6.51. The van der Waals surface area contributed by atoms with Crippen molar-refractivity contribution < 1.29 is 9.53 Å². The van der Waals surface area contributed by atoms with Gasteiger partial charge < -0.3 is 10.1 Å². The Hall–Kier alpha value is -0.410. The van der Waals surface area contributed by atoms with Crippen LogP contribution in [-0.4, -0.2) is 32.1 Å². The minimum atomic E-state index is 0.210. The molecule has 0 radical (unpaired) electrons. The van der Waals surface area contributed by atoms with Gasteiger partial charge in [0.1, 0.15) is 5.78 Å². The third-order valence-corrected chi connectivity index (χ3v) is 2.52. The van der Waals surface area contributed by atoms with Gasteiger partial charge in [-0.3, -0.25) is 4.79 Å². The van der Waals surface area contributed by atoms with Gasteiger partial charge >= 0.3 is 0 Å². The Bertz CT molecular complexity index is 159. The van der Waals surface area contributed by atoms with Crippen molar-refractivity contribution in [2.45, 2.75) is 6.42 Å². The third kappa shape index (κ3) is 1.30. The van der Waals surface area contributed by atoms with Crippen molar-refractivity contribution in [3.63, 3.8) is 0 Å².